The monoisotopic (exact) mass is 381 g/mol. The van der Waals surface area contributed by atoms with E-state index in [4.69, 9.17) is 9.47 Å². The van der Waals surface area contributed by atoms with E-state index in [0.717, 1.165) is 32.3 Å². The number of benzene rings is 2. The van der Waals surface area contributed by atoms with Gasteiger partial charge in [0.1, 0.15) is 25.0 Å². The largest absolute Gasteiger partial charge is 0.468 e. The number of hydrogen-bond acceptors (Lipinski definition) is 4. The van der Waals surface area contributed by atoms with Crippen molar-refractivity contribution in [2.45, 2.75) is 0 Å². The Kier molecular flexibility index (Phi) is 5.78. The van der Waals surface area contributed by atoms with Crippen LogP contribution in [0.5, 0.6) is 0 Å². The van der Waals surface area contributed by atoms with E-state index in [9.17, 15) is 0 Å². The summed E-state index contributed by atoms with van der Waals surface area (Å²) in [5.41, 5.74) is 2.12. The standard InChI is InChI=1S/C24H19N3O2/c1-3-7-23-19(5-1)15-21-17-25-18-22(21)16-20-6-2-4-8-24(20)27-10-12-29-14-13-28-11-9-26-23/h1-18,25H. The molecular formula is C24H19N3O2. The number of rotatable bonds is 0. The van der Waals surface area contributed by atoms with Crippen molar-refractivity contribution in [1.29, 1.82) is 0 Å². The van der Waals surface area contributed by atoms with Crippen molar-refractivity contribution in [2.75, 3.05) is 0 Å². The molecule has 1 aliphatic rings. The number of nitrogens with zero attached hydrogens (tertiary/aromatic N) is 2. The summed E-state index contributed by atoms with van der Waals surface area (Å²) in [7, 11) is 0. The molecular weight excluding hydrogens is 362 g/mol. The molecule has 0 bridgehead atoms. The minimum atomic E-state index is 0.846. The lowest BCUT2D eigenvalue weighted by molar-refractivity contribution is 0.344. The molecule has 1 N–H and O–H groups in total. The van der Waals surface area contributed by atoms with E-state index >= 15 is 0 Å². The van der Waals surface area contributed by atoms with Crippen molar-refractivity contribution in [3.8, 4) is 0 Å². The van der Waals surface area contributed by atoms with Gasteiger partial charge in [-0.1, -0.05) is 36.4 Å². The molecule has 0 spiro atoms. The van der Waals surface area contributed by atoms with Gasteiger partial charge in [0, 0.05) is 22.8 Å². The minimum absolute atomic E-state index is 0.846. The van der Waals surface area contributed by atoms with Crippen LogP contribution >= 0.6 is 0 Å². The number of fused-ring (bicyclic) bond motifs is 3. The first-order valence-corrected chi connectivity index (χ1v) is 9.12. The van der Waals surface area contributed by atoms with Gasteiger partial charge in [-0.25, -0.2) is 0 Å². The molecule has 29 heavy (non-hydrogen) atoms. The Morgan fingerprint density at radius 3 is 1.59 bits per heavy atom. The van der Waals surface area contributed by atoms with Gasteiger partial charge >= 0.3 is 0 Å². The van der Waals surface area contributed by atoms with Crippen LogP contribution in [0, 0.1) is 0 Å². The van der Waals surface area contributed by atoms with Crippen LogP contribution in [0.4, 0.5) is 0 Å². The van der Waals surface area contributed by atoms with Crippen molar-refractivity contribution in [3.63, 3.8) is 0 Å². The molecule has 0 fully saturated rings. The fourth-order valence-electron chi connectivity index (χ4n) is 2.87. The molecule has 4 rings (SSSR count). The summed E-state index contributed by atoms with van der Waals surface area (Å²) in [6, 6.07) is 15.9. The number of aromatic nitrogens is 1. The van der Waals surface area contributed by atoms with Gasteiger partial charge in [0.15, 0.2) is 0 Å². The van der Waals surface area contributed by atoms with E-state index in [1.54, 1.807) is 12.4 Å². The van der Waals surface area contributed by atoms with Crippen LogP contribution in [0.1, 0.15) is 11.1 Å². The number of para-hydroxylation sites is 2. The van der Waals surface area contributed by atoms with Gasteiger partial charge in [-0.15, -0.1) is 0 Å². The summed E-state index contributed by atoms with van der Waals surface area (Å²) < 4.78 is 10.5. The molecule has 0 unspecified atom stereocenters. The third kappa shape index (κ3) is 4.78. The predicted octanol–water partition coefficient (Wildman–Crippen LogP) is 2.37. The summed E-state index contributed by atoms with van der Waals surface area (Å²) in [4.78, 5) is 12.2. The van der Waals surface area contributed by atoms with Gasteiger partial charge in [0.2, 0.25) is 0 Å². The molecule has 0 saturated carbocycles. The van der Waals surface area contributed by atoms with Crippen LogP contribution in [0.15, 0.2) is 108 Å². The Morgan fingerprint density at radius 1 is 0.586 bits per heavy atom. The molecule has 0 amide bonds. The van der Waals surface area contributed by atoms with E-state index < -0.39 is 0 Å². The third-order valence-corrected chi connectivity index (χ3v) is 4.23. The maximum absolute atomic E-state index is 5.23. The number of hydrogen-bond donors (Lipinski definition) is 1. The first kappa shape index (κ1) is 18.3. The van der Waals surface area contributed by atoms with Gasteiger partial charge in [-0.05, 0) is 35.4 Å². The molecule has 3 aromatic rings. The lowest BCUT2D eigenvalue weighted by Gasteiger charge is -1.95. The highest BCUT2D eigenvalue weighted by Gasteiger charge is 1.99. The van der Waals surface area contributed by atoms with Crippen molar-refractivity contribution in [2.24, 2.45) is 9.98 Å². The summed E-state index contributed by atoms with van der Waals surface area (Å²) >= 11 is 0. The highest BCUT2D eigenvalue weighted by molar-refractivity contribution is 5.64. The highest BCUT2D eigenvalue weighted by atomic mass is 16.5. The zero-order valence-electron chi connectivity index (χ0n) is 15.6. The molecule has 0 radical (unpaired) electrons. The molecule has 0 atom stereocenters. The van der Waals surface area contributed by atoms with Crippen LogP contribution in [-0.4, -0.2) is 4.98 Å². The van der Waals surface area contributed by atoms with E-state index in [1.165, 1.54) is 25.0 Å². The Balaban J connectivity index is 1.92. The summed E-state index contributed by atoms with van der Waals surface area (Å²) in [6.45, 7) is 0. The summed E-state index contributed by atoms with van der Waals surface area (Å²) in [5.74, 6) is 0. The lowest BCUT2D eigenvalue weighted by Crippen LogP contribution is -2.24. The number of H-pyrrole nitrogens is 1. The number of nitrogens with one attached hydrogen (secondary N) is 1. The maximum Gasteiger partial charge on any atom is 0.125 e. The van der Waals surface area contributed by atoms with Gasteiger partial charge in [0.05, 0.1) is 23.1 Å². The van der Waals surface area contributed by atoms with E-state index in [1.807, 2.05) is 60.9 Å². The average Bonchev–Trinajstić information content (AvgIpc) is 3.17. The fourth-order valence-corrected chi connectivity index (χ4v) is 2.87. The van der Waals surface area contributed by atoms with Crippen molar-refractivity contribution < 1.29 is 9.47 Å². The molecule has 142 valence electrons. The number of ether oxygens (including phenoxy) is 2. The zero-order chi connectivity index (χ0) is 19.7. The summed E-state index contributed by atoms with van der Waals surface area (Å²) in [6.07, 6.45) is 17.2. The second-order valence-corrected chi connectivity index (χ2v) is 6.15. The molecule has 2 heterocycles. The SMILES string of the molecule is C1=COC=COC=CN=c2ccccc2=Cc2c[nH]cc2C=c2ccccc2=N1. The molecule has 1 aromatic heterocycles. The maximum atomic E-state index is 5.23. The Morgan fingerprint density at radius 2 is 1.07 bits per heavy atom. The molecule has 5 heteroatoms. The topological polar surface area (TPSA) is 59.0 Å². The van der Waals surface area contributed by atoms with Crippen molar-refractivity contribution in [1.82, 2.24) is 4.98 Å². The van der Waals surface area contributed by atoms with Crippen LogP contribution in [0.2, 0.25) is 0 Å². The Bertz CT molecular complexity index is 1210. The predicted molar refractivity (Wildman–Crippen MR) is 112 cm³/mol. The van der Waals surface area contributed by atoms with Gasteiger partial charge in [0.25, 0.3) is 0 Å². The molecule has 0 aliphatic carbocycles. The van der Waals surface area contributed by atoms with E-state index in [-0.39, 0.29) is 0 Å². The van der Waals surface area contributed by atoms with Crippen LogP contribution < -0.4 is 21.2 Å². The van der Waals surface area contributed by atoms with Gasteiger partial charge < -0.3 is 14.5 Å². The quantitative estimate of drug-likeness (QED) is 0.650. The zero-order valence-corrected chi connectivity index (χ0v) is 15.6. The van der Waals surface area contributed by atoms with Crippen LogP contribution in [0.25, 0.3) is 12.2 Å². The van der Waals surface area contributed by atoms with Gasteiger partial charge in [-0.3, -0.25) is 9.98 Å². The Hall–Kier alpha value is -4.12. The summed E-state index contributed by atoms with van der Waals surface area (Å²) in [5, 5.41) is 3.71. The van der Waals surface area contributed by atoms with E-state index in [0.29, 0.717) is 0 Å². The lowest BCUT2D eigenvalue weighted by atomic mass is 10.1. The fraction of sp³-hybridized carbons (Fsp3) is 0. The first-order valence-electron chi connectivity index (χ1n) is 9.12. The first-order chi connectivity index (χ1) is 14.4. The smallest absolute Gasteiger partial charge is 0.125 e. The highest BCUT2D eigenvalue weighted by Crippen LogP contribution is 2.09. The molecule has 5 nitrogen and oxygen atoms in total. The van der Waals surface area contributed by atoms with Crippen LogP contribution in [-0.2, 0) is 9.47 Å². The van der Waals surface area contributed by atoms with Crippen molar-refractivity contribution in [3.05, 3.63) is 131 Å². The Labute approximate surface area is 167 Å². The minimum Gasteiger partial charge on any atom is -0.468 e. The van der Waals surface area contributed by atoms with Crippen LogP contribution in [0.3, 0.4) is 0 Å². The normalized spacial score (nSPS) is 13.4. The second-order valence-electron chi connectivity index (χ2n) is 6.15. The second kappa shape index (κ2) is 9.19. The third-order valence-electron chi connectivity index (χ3n) is 4.23. The van der Waals surface area contributed by atoms with Crippen molar-refractivity contribution >= 4 is 12.2 Å². The molecule has 2 aromatic carbocycles. The molecule has 0 saturated heterocycles. The van der Waals surface area contributed by atoms with E-state index in [2.05, 4.69) is 27.1 Å². The van der Waals surface area contributed by atoms with Gasteiger partial charge in [-0.2, -0.15) is 0 Å². The molecule has 1 aliphatic heterocycles. The number of aromatic amines is 1. The average molecular weight is 381 g/mol.